The van der Waals surface area contributed by atoms with E-state index in [-0.39, 0.29) is 11.9 Å². The van der Waals surface area contributed by atoms with Crippen molar-refractivity contribution in [2.45, 2.75) is 45.8 Å². The molecular weight excluding hydrogens is 383 g/mol. The number of nitrogens with zero attached hydrogens (tertiary/aromatic N) is 2. The van der Waals surface area contributed by atoms with E-state index in [1.54, 1.807) is 26.2 Å². The highest BCUT2D eigenvalue weighted by Gasteiger charge is 2.18. The number of hydrogen-bond acceptors (Lipinski definition) is 5. The molecule has 6 nitrogen and oxygen atoms in total. The number of fused-ring (bicyclic) bond motifs is 1. The molecule has 0 aliphatic rings. The highest BCUT2D eigenvalue weighted by atomic mass is 19.1. The van der Waals surface area contributed by atoms with Crippen LogP contribution in [0.3, 0.4) is 0 Å². The maximum atomic E-state index is 13.6. The quantitative estimate of drug-likeness (QED) is 0.545. The lowest BCUT2D eigenvalue weighted by Crippen LogP contribution is -2.31. The predicted octanol–water partition coefficient (Wildman–Crippen LogP) is 4.15. The lowest BCUT2D eigenvalue weighted by Gasteiger charge is -2.19. The van der Waals surface area contributed by atoms with Gasteiger partial charge in [0.1, 0.15) is 5.82 Å². The van der Waals surface area contributed by atoms with E-state index in [9.17, 15) is 14.3 Å². The van der Waals surface area contributed by atoms with Crippen molar-refractivity contribution in [1.82, 2.24) is 15.3 Å². The Morgan fingerprint density at radius 3 is 2.60 bits per heavy atom. The van der Waals surface area contributed by atoms with Crippen LogP contribution < -0.4 is 10.6 Å². The van der Waals surface area contributed by atoms with Gasteiger partial charge in [0, 0.05) is 35.9 Å². The molecule has 158 valence electrons. The van der Waals surface area contributed by atoms with Crippen molar-refractivity contribution in [3.8, 4) is 11.1 Å². The number of halogens is 1. The van der Waals surface area contributed by atoms with Crippen molar-refractivity contribution in [1.29, 1.82) is 0 Å². The van der Waals surface area contributed by atoms with Crippen molar-refractivity contribution < 1.29 is 14.3 Å². The number of anilines is 1. The Bertz CT molecular complexity index is 1060. The molecule has 0 radical (unpaired) electrons. The number of pyridine rings is 2. The number of carbonyl (C=O) groups is 1. The van der Waals surface area contributed by atoms with Crippen molar-refractivity contribution >= 4 is 22.5 Å². The van der Waals surface area contributed by atoms with E-state index >= 15 is 0 Å². The Morgan fingerprint density at radius 2 is 1.93 bits per heavy atom. The third kappa shape index (κ3) is 5.30. The largest absolute Gasteiger partial charge is 0.390 e. The van der Waals surface area contributed by atoms with Gasteiger partial charge in [0.05, 0.1) is 28.6 Å². The van der Waals surface area contributed by atoms with Crippen LogP contribution in [0.2, 0.25) is 0 Å². The molecule has 2 heterocycles. The molecule has 0 saturated heterocycles. The molecule has 1 aromatic carbocycles. The molecule has 0 atom stereocenters. The number of benzene rings is 1. The summed E-state index contributed by atoms with van der Waals surface area (Å²) in [6.45, 7) is 7.72. The van der Waals surface area contributed by atoms with Crippen LogP contribution in [0.4, 0.5) is 10.1 Å². The molecule has 2 aromatic heterocycles. The zero-order chi connectivity index (χ0) is 21.9. The molecule has 3 rings (SSSR count). The number of aromatic nitrogens is 2. The summed E-state index contributed by atoms with van der Waals surface area (Å²) in [5.41, 5.74) is 2.37. The van der Waals surface area contributed by atoms with Gasteiger partial charge in [0.25, 0.3) is 5.91 Å². The fourth-order valence-corrected chi connectivity index (χ4v) is 3.14. The first-order valence-corrected chi connectivity index (χ1v) is 9.95. The summed E-state index contributed by atoms with van der Waals surface area (Å²) in [6.07, 6.45) is 4.74. The lowest BCUT2D eigenvalue weighted by molar-refractivity contribution is 0.0693. The van der Waals surface area contributed by atoms with Crippen molar-refractivity contribution in [3.63, 3.8) is 0 Å². The van der Waals surface area contributed by atoms with E-state index in [0.29, 0.717) is 29.8 Å². The molecule has 3 aromatic rings. The van der Waals surface area contributed by atoms with Gasteiger partial charge in [-0.2, -0.15) is 0 Å². The Kier molecular flexibility index (Phi) is 6.31. The van der Waals surface area contributed by atoms with Crippen LogP contribution in [0.1, 0.15) is 44.5 Å². The molecular formula is C23H27FN4O2. The average Bonchev–Trinajstić information content (AvgIpc) is 2.66. The molecule has 0 unspecified atom stereocenters. The first kappa shape index (κ1) is 21.6. The molecule has 0 aliphatic carbocycles. The number of aliphatic hydroxyl groups is 1. The second-order valence-electron chi connectivity index (χ2n) is 8.29. The number of carbonyl (C=O) groups excluding carboxylic acids is 1. The van der Waals surface area contributed by atoms with Gasteiger partial charge >= 0.3 is 0 Å². The smallest absolute Gasteiger partial charge is 0.254 e. The summed E-state index contributed by atoms with van der Waals surface area (Å²) in [7, 11) is 0. The Hall–Kier alpha value is -3.06. The Labute approximate surface area is 175 Å². The van der Waals surface area contributed by atoms with Gasteiger partial charge in [0.15, 0.2) is 0 Å². The fourth-order valence-electron chi connectivity index (χ4n) is 3.14. The van der Waals surface area contributed by atoms with Gasteiger partial charge in [-0.15, -0.1) is 0 Å². The topological polar surface area (TPSA) is 87.1 Å². The fraction of sp³-hybridized carbons (Fsp3) is 0.348. The monoisotopic (exact) mass is 410 g/mol. The molecule has 0 fully saturated rings. The molecule has 7 heteroatoms. The summed E-state index contributed by atoms with van der Waals surface area (Å²) >= 11 is 0. The standard InChI is InChI=1S/C23H27FN4O2/c1-14(2)28-21-18-10-15(16-9-17(24)12-25-11-16)5-6-20(18)27-13-19(21)22(29)26-8-7-23(3,4)30/h5-6,9-14,30H,7-8H2,1-4H3,(H,26,29)(H,27,28). The van der Waals surface area contributed by atoms with E-state index < -0.39 is 11.4 Å². The summed E-state index contributed by atoms with van der Waals surface area (Å²) in [5.74, 6) is -0.680. The van der Waals surface area contributed by atoms with Crippen LogP contribution in [-0.2, 0) is 0 Å². The van der Waals surface area contributed by atoms with Crippen LogP contribution in [0.25, 0.3) is 22.0 Å². The second kappa shape index (κ2) is 8.75. The van der Waals surface area contributed by atoms with E-state index in [1.165, 1.54) is 6.07 Å². The van der Waals surface area contributed by atoms with Crippen LogP contribution in [0, 0.1) is 5.82 Å². The third-order valence-electron chi connectivity index (χ3n) is 4.61. The van der Waals surface area contributed by atoms with Crippen LogP contribution in [-0.4, -0.2) is 39.2 Å². The van der Waals surface area contributed by atoms with Crippen molar-refractivity contribution in [3.05, 3.63) is 54.2 Å². The third-order valence-corrected chi connectivity index (χ3v) is 4.61. The first-order valence-electron chi connectivity index (χ1n) is 9.95. The zero-order valence-electron chi connectivity index (χ0n) is 17.7. The van der Waals surface area contributed by atoms with Crippen LogP contribution in [0.15, 0.2) is 42.9 Å². The molecule has 0 aliphatic heterocycles. The summed E-state index contributed by atoms with van der Waals surface area (Å²) in [4.78, 5) is 21.2. The first-order chi connectivity index (χ1) is 14.1. The summed E-state index contributed by atoms with van der Waals surface area (Å²) < 4.78 is 13.6. The van der Waals surface area contributed by atoms with Gasteiger partial charge in [-0.25, -0.2) is 4.39 Å². The van der Waals surface area contributed by atoms with E-state index in [4.69, 9.17) is 0 Å². The minimum absolute atomic E-state index is 0.0815. The van der Waals surface area contributed by atoms with Gasteiger partial charge in [0.2, 0.25) is 0 Å². The van der Waals surface area contributed by atoms with E-state index in [1.807, 2.05) is 32.0 Å². The summed E-state index contributed by atoms with van der Waals surface area (Å²) in [5, 5.41) is 16.8. The summed E-state index contributed by atoms with van der Waals surface area (Å²) in [6, 6.07) is 7.09. The molecule has 0 saturated carbocycles. The van der Waals surface area contributed by atoms with Crippen molar-refractivity contribution in [2.24, 2.45) is 0 Å². The van der Waals surface area contributed by atoms with E-state index in [2.05, 4.69) is 20.6 Å². The van der Waals surface area contributed by atoms with E-state index in [0.717, 1.165) is 22.7 Å². The highest BCUT2D eigenvalue weighted by Crippen LogP contribution is 2.31. The normalized spacial score (nSPS) is 11.7. The second-order valence-corrected chi connectivity index (χ2v) is 8.29. The van der Waals surface area contributed by atoms with Gasteiger partial charge in [-0.05, 0) is 57.9 Å². The average molecular weight is 410 g/mol. The van der Waals surface area contributed by atoms with Crippen LogP contribution in [0.5, 0.6) is 0 Å². The lowest BCUT2D eigenvalue weighted by atomic mass is 10.0. The Morgan fingerprint density at radius 1 is 1.17 bits per heavy atom. The SMILES string of the molecule is CC(C)Nc1c(C(=O)NCCC(C)(C)O)cnc2ccc(-c3cncc(F)c3)cc12. The number of hydrogen-bond donors (Lipinski definition) is 3. The molecule has 0 bridgehead atoms. The minimum atomic E-state index is -0.859. The highest BCUT2D eigenvalue weighted by molar-refractivity contribution is 6.07. The van der Waals surface area contributed by atoms with Gasteiger partial charge in [-0.1, -0.05) is 6.07 Å². The molecule has 3 N–H and O–H groups in total. The van der Waals surface area contributed by atoms with Gasteiger partial charge < -0.3 is 15.7 Å². The zero-order valence-corrected chi connectivity index (χ0v) is 17.7. The predicted molar refractivity (Wildman–Crippen MR) is 117 cm³/mol. The van der Waals surface area contributed by atoms with Gasteiger partial charge in [-0.3, -0.25) is 14.8 Å². The number of nitrogens with one attached hydrogen (secondary N) is 2. The van der Waals surface area contributed by atoms with Crippen molar-refractivity contribution in [2.75, 3.05) is 11.9 Å². The molecule has 1 amide bonds. The number of amides is 1. The Balaban J connectivity index is 2.03. The maximum absolute atomic E-state index is 13.6. The van der Waals surface area contributed by atoms with Crippen LogP contribution >= 0.6 is 0 Å². The molecule has 0 spiro atoms. The molecule has 30 heavy (non-hydrogen) atoms. The number of rotatable bonds is 7. The maximum Gasteiger partial charge on any atom is 0.254 e. The minimum Gasteiger partial charge on any atom is -0.390 e.